The number of esters is 1. The number of hydrogen-bond acceptors (Lipinski definition) is 10. The molecule has 1 aliphatic rings. The van der Waals surface area contributed by atoms with Crippen molar-refractivity contribution in [2.45, 2.75) is 70.4 Å². The summed E-state index contributed by atoms with van der Waals surface area (Å²) in [5.41, 5.74) is -6.12. The number of nitrogens with one attached hydrogen (secondary N) is 1. The second-order valence-electron chi connectivity index (χ2n) is 10.3. The Hall–Kier alpha value is -2.83. The van der Waals surface area contributed by atoms with E-state index in [2.05, 4.69) is 0 Å². The Morgan fingerprint density at radius 2 is 1.87 bits per heavy atom. The van der Waals surface area contributed by atoms with Crippen molar-refractivity contribution in [2.75, 3.05) is 12.8 Å². The number of hydrogen-bond donors (Lipinski definition) is 3. The molecule has 2 heterocycles. The number of aromatic nitrogens is 2. The molecule has 1 saturated heterocycles. The van der Waals surface area contributed by atoms with Gasteiger partial charge in [0.25, 0.3) is 5.56 Å². The normalized spacial score (nSPS) is 25.7. The molecule has 1 aromatic heterocycles. The predicted octanol–water partition coefficient (Wildman–Crippen LogP) is 2.15. The molecular formula is C25H34FN2O10P. The largest absolute Gasteiger partial charge is 0.463 e. The molecule has 0 amide bonds. The van der Waals surface area contributed by atoms with E-state index in [0.717, 1.165) is 16.8 Å². The van der Waals surface area contributed by atoms with Crippen LogP contribution in [0.4, 0.5) is 4.39 Å². The first-order chi connectivity index (χ1) is 18.1. The molecule has 1 aromatic carbocycles. The number of halogens is 1. The predicted molar refractivity (Wildman–Crippen MR) is 137 cm³/mol. The van der Waals surface area contributed by atoms with Crippen LogP contribution in [0.5, 0.6) is 5.75 Å². The number of alkyl halides is 1. The lowest BCUT2D eigenvalue weighted by Gasteiger charge is -2.36. The van der Waals surface area contributed by atoms with Crippen LogP contribution >= 0.6 is 7.60 Å². The third-order valence-electron chi connectivity index (χ3n) is 6.12. The van der Waals surface area contributed by atoms with Gasteiger partial charge in [-0.3, -0.25) is 23.7 Å². The molecule has 3 rings (SSSR count). The zero-order chi connectivity index (χ0) is 29.2. The molecule has 216 valence electrons. The summed E-state index contributed by atoms with van der Waals surface area (Å²) in [6.45, 7) is 6.03. The smallest absolute Gasteiger partial charge is 0.380 e. The summed E-state index contributed by atoms with van der Waals surface area (Å²) < 4.78 is 51.7. The molecule has 0 saturated carbocycles. The molecule has 39 heavy (non-hydrogen) atoms. The topological polar surface area (TPSA) is 166 Å². The van der Waals surface area contributed by atoms with Crippen molar-refractivity contribution in [2.24, 2.45) is 5.92 Å². The van der Waals surface area contributed by atoms with E-state index in [4.69, 9.17) is 18.5 Å². The van der Waals surface area contributed by atoms with Crippen molar-refractivity contribution in [3.05, 3.63) is 63.4 Å². The molecule has 6 atom stereocenters. The Kier molecular flexibility index (Phi) is 9.24. The van der Waals surface area contributed by atoms with E-state index >= 15 is 0 Å². The van der Waals surface area contributed by atoms with Crippen molar-refractivity contribution in [1.82, 2.24) is 9.55 Å². The number of rotatable bonds is 11. The van der Waals surface area contributed by atoms with Gasteiger partial charge in [-0.2, -0.15) is 0 Å². The molecule has 0 bridgehead atoms. The van der Waals surface area contributed by atoms with Crippen LogP contribution in [0.3, 0.4) is 0 Å². The molecule has 1 aliphatic heterocycles. The van der Waals surface area contributed by atoms with E-state index in [1.807, 2.05) is 4.98 Å². The van der Waals surface area contributed by atoms with Crippen molar-refractivity contribution in [3.63, 3.8) is 0 Å². The summed E-state index contributed by atoms with van der Waals surface area (Å²) in [7, 11) is -4.24. The fourth-order valence-electron chi connectivity index (χ4n) is 4.25. The highest BCUT2D eigenvalue weighted by Crippen LogP contribution is 2.55. The summed E-state index contributed by atoms with van der Waals surface area (Å²) in [6.07, 6.45) is -5.15. The van der Waals surface area contributed by atoms with Crippen LogP contribution in [-0.2, 0) is 23.4 Å². The second-order valence-corrected chi connectivity index (χ2v) is 12.2. The van der Waals surface area contributed by atoms with Crippen LogP contribution in [0.1, 0.15) is 40.8 Å². The van der Waals surface area contributed by atoms with Gasteiger partial charge in [0.2, 0.25) is 0 Å². The van der Waals surface area contributed by atoms with Crippen LogP contribution < -0.4 is 15.8 Å². The van der Waals surface area contributed by atoms with Crippen LogP contribution in [0.2, 0.25) is 0 Å². The van der Waals surface area contributed by atoms with E-state index in [0.29, 0.717) is 0 Å². The number of benzene rings is 1. The van der Waals surface area contributed by atoms with Gasteiger partial charge in [-0.25, -0.2) is 13.8 Å². The average Bonchev–Trinajstić information content (AvgIpc) is 3.10. The molecule has 0 spiro atoms. The Morgan fingerprint density at radius 3 is 2.44 bits per heavy atom. The van der Waals surface area contributed by atoms with E-state index < -0.39 is 79.3 Å². The first-order valence-electron chi connectivity index (χ1n) is 12.3. The van der Waals surface area contributed by atoms with Crippen LogP contribution in [-0.4, -0.2) is 68.1 Å². The van der Waals surface area contributed by atoms with Gasteiger partial charge in [0, 0.05) is 12.3 Å². The summed E-state index contributed by atoms with van der Waals surface area (Å²) in [6, 6.07) is 9.01. The van der Waals surface area contributed by atoms with E-state index in [-0.39, 0.29) is 5.75 Å². The minimum Gasteiger partial charge on any atom is -0.463 e. The van der Waals surface area contributed by atoms with Gasteiger partial charge >= 0.3 is 19.3 Å². The maximum absolute atomic E-state index is 14.2. The zero-order valence-electron chi connectivity index (χ0n) is 22.3. The zero-order valence-corrected chi connectivity index (χ0v) is 23.2. The van der Waals surface area contributed by atoms with Gasteiger partial charge in [0.05, 0.1) is 18.2 Å². The molecule has 0 radical (unpaired) electrons. The van der Waals surface area contributed by atoms with Crippen LogP contribution in [0.15, 0.2) is 52.2 Å². The SMILES string of the molecule is CC(C)OC(=O)[C@H](C)C[P@](=O)(Oc1ccccc1)OC(C)(C)[C@H]1O[C@@H](n2ccc(=O)[nH]c2=O)C(O)(CF)[C@H]1O. The first kappa shape index (κ1) is 30.7. The lowest BCUT2D eigenvalue weighted by molar-refractivity contribution is -0.151. The third-order valence-corrected chi connectivity index (χ3v) is 8.35. The maximum atomic E-state index is 14.2. The molecule has 3 N–H and O–H groups in total. The fraction of sp³-hybridized carbons (Fsp3) is 0.560. The van der Waals surface area contributed by atoms with Crippen LogP contribution in [0, 0.1) is 5.92 Å². The number of carbonyl (C=O) groups excluding carboxylic acids is 1. The number of H-pyrrole nitrogens is 1. The minimum atomic E-state index is -4.24. The number of nitrogens with zero attached hydrogens (tertiary/aromatic N) is 1. The Morgan fingerprint density at radius 1 is 1.23 bits per heavy atom. The average molecular weight is 573 g/mol. The Labute approximate surface area is 224 Å². The van der Waals surface area contributed by atoms with Gasteiger partial charge in [-0.1, -0.05) is 25.1 Å². The fourth-order valence-corrected chi connectivity index (χ4v) is 6.52. The standard InChI is InChI=1S/C25H34FN2O10P/c1-15(2)35-21(31)16(3)13-39(34,37-17-9-7-6-8-10-17)38-24(4,5)20-19(30)25(33,14-26)22(36-20)28-12-11-18(29)27-23(28)32/h6-12,15-16,19-20,22,30,33H,13-14H2,1-5H3,(H,27,29,32)/t16-,19+,20+,22-,25?,39+/m1/s1. The number of para-hydroxylation sites is 1. The van der Waals surface area contributed by atoms with Crippen molar-refractivity contribution in [1.29, 1.82) is 0 Å². The Bertz CT molecular complexity index is 1310. The highest BCUT2D eigenvalue weighted by molar-refractivity contribution is 7.54. The molecule has 0 aliphatic carbocycles. The second kappa shape index (κ2) is 11.7. The molecule has 1 unspecified atom stereocenters. The maximum Gasteiger partial charge on any atom is 0.380 e. The van der Waals surface area contributed by atoms with Gasteiger partial charge in [0.15, 0.2) is 11.8 Å². The summed E-state index contributed by atoms with van der Waals surface area (Å²) in [4.78, 5) is 38.3. The van der Waals surface area contributed by atoms with Crippen molar-refractivity contribution < 1.29 is 42.5 Å². The Balaban J connectivity index is 1.96. The number of aliphatic hydroxyl groups excluding tert-OH is 1. The first-order valence-corrected chi connectivity index (χ1v) is 14.0. The van der Waals surface area contributed by atoms with Gasteiger partial charge in [-0.15, -0.1) is 0 Å². The van der Waals surface area contributed by atoms with Gasteiger partial charge < -0.3 is 24.2 Å². The molecule has 12 nitrogen and oxygen atoms in total. The molecule has 14 heteroatoms. The highest BCUT2D eigenvalue weighted by atomic mass is 31.2. The number of ether oxygens (including phenoxy) is 2. The van der Waals surface area contributed by atoms with E-state index in [1.54, 1.807) is 32.0 Å². The van der Waals surface area contributed by atoms with E-state index in [9.17, 15) is 33.6 Å². The van der Waals surface area contributed by atoms with Crippen molar-refractivity contribution >= 4 is 13.6 Å². The van der Waals surface area contributed by atoms with Gasteiger partial charge in [-0.05, 0) is 39.8 Å². The number of aliphatic hydroxyl groups is 2. The molecular weight excluding hydrogens is 538 g/mol. The summed E-state index contributed by atoms with van der Waals surface area (Å²) in [5.74, 6) is -1.39. The number of aromatic amines is 1. The molecule has 2 aromatic rings. The lowest BCUT2D eigenvalue weighted by atomic mass is 9.88. The monoisotopic (exact) mass is 572 g/mol. The minimum absolute atomic E-state index is 0.173. The summed E-state index contributed by atoms with van der Waals surface area (Å²) >= 11 is 0. The third kappa shape index (κ3) is 6.85. The highest BCUT2D eigenvalue weighted by Gasteiger charge is 2.62. The summed E-state index contributed by atoms with van der Waals surface area (Å²) in [5, 5.41) is 22.0. The van der Waals surface area contributed by atoms with Gasteiger partial charge in [0.1, 0.15) is 30.2 Å². The van der Waals surface area contributed by atoms with E-state index in [1.165, 1.54) is 32.9 Å². The lowest BCUT2D eigenvalue weighted by Crippen LogP contribution is -2.54. The number of carbonyl (C=O) groups is 1. The van der Waals surface area contributed by atoms with Crippen LogP contribution in [0.25, 0.3) is 0 Å². The molecule has 1 fully saturated rings. The quantitative estimate of drug-likeness (QED) is 0.268. The van der Waals surface area contributed by atoms with Crippen molar-refractivity contribution in [3.8, 4) is 5.75 Å².